The van der Waals surface area contributed by atoms with E-state index in [4.69, 9.17) is 0 Å². The Morgan fingerprint density at radius 3 is 2.37 bits per heavy atom. The van der Waals surface area contributed by atoms with E-state index in [0.29, 0.717) is 6.04 Å². The molecule has 2 fully saturated rings. The molecule has 104 valence electrons. The molecule has 0 spiro atoms. The van der Waals surface area contributed by atoms with Crippen molar-refractivity contribution in [3.8, 4) is 0 Å². The summed E-state index contributed by atoms with van der Waals surface area (Å²) in [6, 6.07) is 9.95. The third kappa shape index (κ3) is 2.99. The number of thioether (sulfide) groups is 1. The summed E-state index contributed by atoms with van der Waals surface area (Å²) in [4.78, 5) is 4.07. The van der Waals surface area contributed by atoms with Crippen LogP contribution in [0.3, 0.4) is 0 Å². The van der Waals surface area contributed by atoms with E-state index in [1.54, 1.807) is 0 Å². The van der Waals surface area contributed by atoms with Crippen LogP contribution in [0.5, 0.6) is 0 Å². The highest BCUT2D eigenvalue weighted by Crippen LogP contribution is 2.41. The van der Waals surface area contributed by atoms with Gasteiger partial charge in [-0.15, -0.1) is 11.8 Å². The van der Waals surface area contributed by atoms with Crippen LogP contribution in [-0.4, -0.2) is 37.3 Å². The van der Waals surface area contributed by atoms with Crippen LogP contribution in [0.4, 0.5) is 0 Å². The van der Waals surface area contributed by atoms with Gasteiger partial charge in [0.1, 0.15) is 0 Å². The van der Waals surface area contributed by atoms with Crippen molar-refractivity contribution in [2.75, 3.05) is 32.4 Å². The van der Waals surface area contributed by atoms with Gasteiger partial charge in [0.15, 0.2) is 0 Å². The first-order valence-electron chi connectivity index (χ1n) is 7.47. The summed E-state index contributed by atoms with van der Waals surface area (Å²) in [5.74, 6) is 0.887. The van der Waals surface area contributed by atoms with Crippen LogP contribution in [0.2, 0.25) is 0 Å². The van der Waals surface area contributed by atoms with Crippen LogP contribution in [0.1, 0.15) is 30.9 Å². The smallest absolute Gasteiger partial charge is 0.0377 e. The lowest BCUT2D eigenvalue weighted by molar-refractivity contribution is 0.0837. The maximum atomic E-state index is 3.47. The standard InChI is InChI=1S/C16H24N2S/c1-19-15-7-5-14(6-8-15)16(13-3-2-4-13)18-11-9-17-10-12-18/h5-8,13,16-17H,2-4,9-12H2,1H3/t16-/m0/s1. The van der Waals surface area contributed by atoms with Gasteiger partial charge in [-0.1, -0.05) is 18.6 Å². The minimum Gasteiger partial charge on any atom is -0.314 e. The van der Waals surface area contributed by atoms with Crippen molar-refractivity contribution in [3.63, 3.8) is 0 Å². The molecule has 0 radical (unpaired) electrons. The van der Waals surface area contributed by atoms with Crippen molar-refractivity contribution in [2.24, 2.45) is 5.92 Å². The summed E-state index contributed by atoms with van der Waals surface area (Å²) in [7, 11) is 0. The van der Waals surface area contributed by atoms with Crippen molar-refractivity contribution < 1.29 is 0 Å². The van der Waals surface area contributed by atoms with Gasteiger partial charge < -0.3 is 5.32 Å². The van der Waals surface area contributed by atoms with Crippen LogP contribution >= 0.6 is 11.8 Å². The van der Waals surface area contributed by atoms with Gasteiger partial charge in [0.05, 0.1) is 0 Å². The SMILES string of the molecule is CSc1ccc([C@H](C2CCC2)N2CCNCC2)cc1. The molecule has 0 bridgehead atoms. The lowest BCUT2D eigenvalue weighted by Gasteiger charge is -2.43. The molecule has 1 aromatic rings. The molecule has 1 saturated carbocycles. The Morgan fingerprint density at radius 1 is 1.16 bits per heavy atom. The summed E-state index contributed by atoms with van der Waals surface area (Å²) in [5.41, 5.74) is 1.53. The number of benzene rings is 1. The summed E-state index contributed by atoms with van der Waals surface area (Å²) in [6.45, 7) is 4.69. The van der Waals surface area contributed by atoms with Crippen LogP contribution in [-0.2, 0) is 0 Å². The fourth-order valence-electron chi connectivity index (χ4n) is 3.30. The molecule has 1 N–H and O–H groups in total. The second-order valence-corrected chi connectivity index (χ2v) is 6.57. The highest BCUT2D eigenvalue weighted by atomic mass is 32.2. The summed E-state index contributed by atoms with van der Waals surface area (Å²) >= 11 is 1.83. The van der Waals surface area contributed by atoms with E-state index < -0.39 is 0 Å². The van der Waals surface area contributed by atoms with Gasteiger partial charge in [-0.05, 0) is 42.7 Å². The molecule has 19 heavy (non-hydrogen) atoms. The molecule has 0 aromatic heterocycles. The molecule has 1 heterocycles. The Balaban J connectivity index is 1.80. The molecule has 1 aromatic carbocycles. The fraction of sp³-hybridized carbons (Fsp3) is 0.625. The molecule has 1 atom stereocenters. The Kier molecular flexibility index (Phi) is 4.46. The van der Waals surface area contributed by atoms with E-state index in [0.717, 1.165) is 19.0 Å². The van der Waals surface area contributed by atoms with Gasteiger partial charge in [0, 0.05) is 37.1 Å². The first-order chi connectivity index (χ1) is 9.38. The molecule has 3 rings (SSSR count). The highest BCUT2D eigenvalue weighted by molar-refractivity contribution is 7.98. The second kappa shape index (κ2) is 6.29. The van der Waals surface area contributed by atoms with Gasteiger partial charge >= 0.3 is 0 Å². The average molecular weight is 276 g/mol. The Morgan fingerprint density at radius 2 is 1.84 bits per heavy atom. The van der Waals surface area contributed by atoms with E-state index in [9.17, 15) is 0 Å². The van der Waals surface area contributed by atoms with Crippen LogP contribution in [0, 0.1) is 5.92 Å². The van der Waals surface area contributed by atoms with Crippen molar-refractivity contribution in [1.82, 2.24) is 10.2 Å². The van der Waals surface area contributed by atoms with Gasteiger partial charge in [-0.3, -0.25) is 4.90 Å². The normalized spacial score (nSPS) is 23.0. The van der Waals surface area contributed by atoms with Gasteiger partial charge in [-0.2, -0.15) is 0 Å². The number of piperazine rings is 1. The number of hydrogen-bond donors (Lipinski definition) is 1. The summed E-state index contributed by atoms with van der Waals surface area (Å²) < 4.78 is 0. The van der Waals surface area contributed by atoms with E-state index in [1.807, 2.05) is 11.8 Å². The minimum absolute atomic E-state index is 0.659. The average Bonchev–Trinajstić information content (AvgIpc) is 2.44. The molecule has 1 aliphatic carbocycles. The summed E-state index contributed by atoms with van der Waals surface area (Å²) in [5, 5.41) is 3.47. The largest absolute Gasteiger partial charge is 0.314 e. The quantitative estimate of drug-likeness (QED) is 0.851. The van der Waals surface area contributed by atoms with Crippen LogP contribution in [0.15, 0.2) is 29.2 Å². The maximum Gasteiger partial charge on any atom is 0.0377 e. The van der Waals surface area contributed by atoms with E-state index in [1.165, 1.54) is 42.8 Å². The van der Waals surface area contributed by atoms with Gasteiger partial charge in [-0.25, -0.2) is 0 Å². The van der Waals surface area contributed by atoms with Crippen LogP contribution in [0.25, 0.3) is 0 Å². The monoisotopic (exact) mass is 276 g/mol. The first-order valence-corrected chi connectivity index (χ1v) is 8.69. The molecular formula is C16H24N2S. The van der Waals surface area contributed by atoms with Crippen molar-refractivity contribution in [2.45, 2.75) is 30.2 Å². The first kappa shape index (κ1) is 13.5. The zero-order valence-corrected chi connectivity index (χ0v) is 12.6. The lowest BCUT2D eigenvalue weighted by Crippen LogP contribution is -2.47. The zero-order valence-electron chi connectivity index (χ0n) is 11.8. The fourth-order valence-corrected chi connectivity index (χ4v) is 3.71. The Labute approximate surface area is 121 Å². The van der Waals surface area contributed by atoms with E-state index in [2.05, 4.69) is 40.7 Å². The number of nitrogens with one attached hydrogen (secondary N) is 1. The van der Waals surface area contributed by atoms with Crippen molar-refractivity contribution in [1.29, 1.82) is 0 Å². The Hall–Kier alpha value is -0.510. The highest BCUT2D eigenvalue weighted by Gasteiger charge is 2.33. The third-order valence-corrected chi connectivity index (χ3v) is 5.34. The molecular weight excluding hydrogens is 252 g/mol. The van der Waals surface area contributed by atoms with Gasteiger partial charge in [0.2, 0.25) is 0 Å². The lowest BCUT2D eigenvalue weighted by atomic mass is 9.76. The second-order valence-electron chi connectivity index (χ2n) is 5.69. The maximum absolute atomic E-state index is 3.47. The van der Waals surface area contributed by atoms with Crippen molar-refractivity contribution >= 4 is 11.8 Å². The topological polar surface area (TPSA) is 15.3 Å². The molecule has 2 nitrogen and oxygen atoms in total. The molecule has 3 heteroatoms. The molecule has 1 aliphatic heterocycles. The van der Waals surface area contributed by atoms with Crippen LogP contribution < -0.4 is 5.32 Å². The number of hydrogen-bond acceptors (Lipinski definition) is 3. The van der Waals surface area contributed by atoms with E-state index >= 15 is 0 Å². The number of nitrogens with zero attached hydrogens (tertiary/aromatic N) is 1. The van der Waals surface area contributed by atoms with E-state index in [-0.39, 0.29) is 0 Å². The Bertz CT molecular complexity index is 394. The predicted octanol–water partition coefficient (Wildman–Crippen LogP) is 3.15. The van der Waals surface area contributed by atoms with Crippen molar-refractivity contribution in [3.05, 3.63) is 29.8 Å². The zero-order chi connectivity index (χ0) is 13.1. The molecule has 0 unspecified atom stereocenters. The summed E-state index contributed by atoms with van der Waals surface area (Å²) in [6.07, 6.45) is 6.41. The molecule has 1 saturated heterocycles. The van der Waals surface area contributed by atoms with Gasteiger partial charge in [0.25, 0.3) is 0 Å². The molecule has 2 aliphatic rings. The molecule has 0 amide bonds. The number of rotatable bonds is 4. The third-order valence-electron chi connectivity index (χ3n) is 4.60. The minimum atomic E-state index is 0.659. The predicted molar refractivity (Wildman–Crippen MR) is 82.7 cm³/mol.